The molecular formula is C7H18NO2P. The molecule has 68 valence electrons. The summed E-state index contributed by atoms with van der Waals surface area (Å²) in [6, 6.07) is 0. The minimum atomic E-state index is -3.15. The molecular weight excluding hydrogens is 161 g/mol. The Morgan fingerprint density at radius 1 is 1.55 bits per heavy atom. The molecule has 0 heterocycles. The maximum atomic E-state index is 11.5. The summed E-state index contributed by atoms with van der Waals surface area (Å²) in [5.74, 6) is 0.216. The lowest BCUT2D eigenvalue weighted by Gasteiger charge is -2.26. The van der Waals surface area contributed by atoms with Crippen LogP contribution >= 0.6 is 7.37 Å². The SMILES string of the molecule is CC(C)CP(=O)(O)C(C)(C)N. The molecule has 0 aromatic carbocycles. The molecule has 3 nitrogen and oxygen atoms in total. The predicted molar refractivity (Wildman–Crippen MR) is 47.8 cm³/mol. The predicted octanol–water partition coefficient (Wildman–Crippen LogP) is 1.61. The molecule has 0 aliphatic carbocycles. The van der Waals surface area contributed by atoms with Gasteiger partial charge in [-0.2, -0.15) is 0 Å². The molecule has 0 radical (unpaired) electrons. The van der Waals surface area contributed by atoms with Crippen LogP contribution in [0.25, 0.3) is 0 Å². The van der Waals surface area contributed by atoms with Crippen molar-refractivity contribution in [3.05, 3.63) is 0 Å². The van der Waals surface area contributed by atoms with Crippen molar-refractivity contribution in [2.45, 2.75) is 33.0 Å². The van der Waals surface area contributed by atoms with Gasteiger partial charge in [-0.15, -0.1) is 0 Å². The summed E-state index contributed by atoms with van der Waals surface area (Å²) in [5, 5.41) is -0.961. The van der Waals surface area contributed by atoms with Gasteiger partial charge in [0.2, 0.25) is 7.37 Å². The van der Waals surface area contributed by atoms with E-state index >= 15 is 0 Å². The van der Waals surface area contributed by atoms with Crippen LogP contribution in [0.5, 0.6) is 0 Å². The highest BCUT2D eigenvalue weighted by Crippen LogP contribution is 2.52. The molecule has 0 aliphatic heterocycles. The average Bonchev–Trinajstić information content (AvgIpc) is 1.56. The molecule has 0 saturated heterocycles. The lowest BCUT2D eigenvalue weighted by molar-refractivity contribution is 0.431. The Morgan fingerprint density at radius 3 is 2.00 bits per heavy atom. The van der Waals surface area contributed by atoms with Crippen LogP contribution in [0, 0.1) is 5.92 Å². The van der Waals surface area contributed by atoms with Gasteiger partial charge in [0.05, 0.1) is 5.28 Å². The van der Waals surface area contributed by atoms with E-state index in [0.29, 0.717) is 6.16 Å². The zero-order valence-electron chi connectivity index (χ0n) is 7.66. The fourth-order valence-electron chi connectivity index (χ4n) is 0.730. The summed E-state index contributed by atoms with van der Waals surface area (Å²) in [4.78, 5) is 9.45. The van der Waals surface area contributed by atoms with Crippen LogP contribution in [0.15, 0.2) is 0 Å². The fourth-order valence-corrected chi connectivity index (χ4v) is 2.19. The van der Waals surface area contributed by atoms with Gasteiger partial charge in [-0.25, -0.2) is 0 Å². The third kappa shape index (κ3) is 3.37. The summed E-state index contributed by atoms with van der Waals surface area (Å²) in [5.41, 5.74) is 5.55. The largest absolute Gasteiger partial charge is 0.343 e. The molecule has 3 N–H and O–H groups in total. The molecule has 11 heavy (non-hydrogen) atoms. The Kier molecular flexibility index (Phi) is 3.30. The van der Waals surface area contributed by atoms with E-state index in [0.717, 1.165) is 0 Å². The van der Waals surface area contributed by atoms with Gasteiger partial charge < -0.3 is 10.6 Å². The smallest absolute Gasteiger partial charge is 0.219 e. The first-order valence-electron chi connectivity index (χ1n) is 3.77. The second-order valence-corrected chi connectivity index (χ2v) is 6.85. The molecule has 0 fully saturated rings. The van der Waals surface area contributed by atoms with E-state index in [1.807, 2.05) is 13.8 Å². The van der Waals surface area contributed by atoms with Crippen molar-refractivity contribution in [1.29, 1.82) is 0 Å². The first-order valence-corrected chi connectivity index (χ1v) is 5.62. The van der Waals surface area contributed by atoms with Gasteiger partial charge in [-0.05, 0) is 19.8 Å². The van der Waals surface area contributed by atoms with E-state index in [4.69, 9.17) is 5.73 Å². The highest BCUT2D eigenvalue weighted by molar-refractivity contribution is 7.59. The summed E-state index contributed by atoms with van der Waals surface area (Å²) in [7, 11) is -3.15. The third-order valence-corrected chi connectivity index (χ3v) is 4.54. The number of hydrogen-bond acceptors (Lipinski definition) is 2. The molecule has 0 aliphatic rings. The van der Waals surface area contributed by atoms with Crippen LogP contribution in [0.2, 0.25) is 0 Å². The van der Waals surface area contributed by atoms with Crippen molar-refractivity contribution in [2.75, 3.05) is 6.16 Å². The minimum Gasteiger partial charge on any atom is -0.343 e. The van der Waals surface area contributed by atoms with Crippen molar-refractivity contribution in [3.63, 3.8) is 0 Å². The molecule has 0 aromatic rings. The molecule has 0 amide bonds. The highest BCUT2D eigenvalue weighted by atomic mass is 31.2. The molecule has 1 atom stereocenters. The van der Waals surface area contributed by atoms with E-state index in [2.05, 4.69) is 0 Å². The second kappa shape index (κ2) is 3.26. The molecule has 1 unspecified atom stereocenters. The first kappa shape index (κ1) is 11.2. The van der Waals surface area contributed by atoms with E-state index in [-0.39, 0.29) is 5.92 Å². The molecule has 0 rings (SSSR count). The Morgan fingerprint density at radius 2 is 1.91 bits per heavy atom. The van der Waals surface area contributed by atoms with Crippen molar-refractivity contribution < 1.29 is 9.46 Å². The van der Waals surface area contributed by atoms with Crippen LogP contribution < -0.4 is 5.73 Å². The number of rotatable bonds is 3. The Hall–Kier alpha value is 0.150. The van der Waals surface area contributed by atoms with Crippen molar-refractivity contribution >= 4 is 7.37 Å². The summed E-state index contributed by atoms with van der Waals surface area (Å²) < 4.78 is 11.5. The van der Waals surface area contributed by atoms with Crippen molar-refractivity contribution in [2.24, 2.45) is 11.7 Å². The normalized spacial score (nSPS) is 18.5. The quantitative estimate of drug-likeness (QED) is 0.647. The van der Waals surface area contributed by atoms with Crippen LogP contribution in [-0.4, -0.2) is 16.3 Å². The van der Waals surface area contributed by atoms with E-state index in [9.17, 15) is 9.46 Å². The lowest BCUT2D eigenvalue weighted by atomic mass is 10.3. The molecule has 0 spiro atoms. The van der Waals surface area contributed by atoms with Crippen LogP contribution in [-0.2, 0) is 4.57 Å². The van der Waals surface area contributed by atoms with Gasteiger partial charge in [0, 0.05) is 6.16 Å². The van der Waals surface area contributed by atoms with Gasteiger partial charge in [0.25, 0.3) is 0 Å². The fraction of sp³-hybridized carbons (Fsp3) is 1.00. The monoisotopic (exact) mass is 179 g/mol. The van der Waals surface area contributed by atoms with Crippen LogP contribution in [0.3, 0.4) is 0 Å². The highest BCUT2D eigenvalue weighted by Gasteiger charge is 2.35. The van der Waals surface area contributed by atoms with Crippen molar-refractivity contribution in [1.82, 2.24) is 0 Å². The van der Waals surface area contributed by atoms with Gasteiger partial charge in [0.1, 0.15) is 0 Å². The summed E-state index contributed by atoms with van der Waals surface area (Å²) >= 11 is 0. The summed E-state index contributed by atoms with van der Waals surface area (Å²) in [6.07, 6.45) is 0.302. The molecule has 0 aromatic heterocycles. The minimum absolute atomic E-state index is 0.216. The average molecular weight is 179 g/mol. The zero-order chi connectivity index (χ0) is 9.28. The maximum absolute atomic E-state index is 11.5. The molecule has 0 bridgehead atoms. The standard InChI is InChI=1S/C7H18NO2P/c1-6(2)5-11(9,10)7(3,4)8/h6H,5,8H2,1-4H3,(H,9,10). The zero-order valence-corrected chi connectivity index (χ0v) is 8.56. The van der Waals surface area contributed by atoms with E-state index in [1.165, 1.54) is 0 Å². The molecule has 0 saturated carbocycles. The second-order valence-electron chi connectivity index (χ2n) is 3.93. The molecule has 4 heteroatoms. The lowest BCUT2D eigenvalue weighted by Crippen LogP contribution is -2.33. The Balaban J connectivity index is 4.36. The topological polar surface area (TPSA) is 63.3 Å². The third-order valence-electron chi connectivity index (χ3n) is 1.51. The van der Waals surface area contributed by atoms with E-state index < -0.39 is 12.6 Å². The summed E-state index contributed by atoms with van der Waals surface area (Å²) in [6.45, 7) is 7.01. The van der Waals surface area contributed by atoms with Gasteiger partial charge in [0.15, 0.2) is 0 Å². The van der Waals surface area contributed by atoms with E-state index in [1.54, 1.807) is 13.8 Å². The maximum Gasteiger partial charge on any atom is 0.219 e. The number of nitrogens with two attached hydrogens (primary N) is 1. The van der Waals surface area contributed by atoms with Crippen LogP contribution in [0.4, 0.5) is 0 Å². The first-order chi connectivity index (χ1) is 4.67. The Bertz CT molecular complexity index is 172. The van der Waals surface area contributed by atoms with Crippen molar-refractivity contribution in [3.8, 4) is 0 Å². The number of hydrogen-bond donors (Lipinski definition) is 2. The Labute approximate surface area is 68.4 Å². The van der Waals surface area contributed by atoms with Gasteiger partial charge >= 0.3 is 0 Å². The van der Waals surface area contributed by atoms with Crippen LogP contribution in [0.1, 0.15) is 27.7 Å². The van der Waals surface area contributed by atoms with Gasteiger partial charge in [-0.3, -0.25) is 4.57 Å². The van der Waals surface area contributed by atoms with Gasteiger partial charge in [-0.1, -0.05) is 13.8 Å².